The standard InChI is InChI=1S/C27H20FN3O3S.ClH/c28-22-11-7-19(8-12-22)16-30-27(32)20-9-13-23(14-10-20)35(33,34)31-18-25(21-4-3-15-29-17-21)24-5-1-2-6-26(24)31;/h1-15,17-18H,16H2,(H,30,32);1H. The first-order valence-electron chi connectivity index (χ1n) is 10.8. The van der Waals surface area contributed by atoms with Gasteiger partial charge >= 0.3 is 0 Å². The van der Waals surface area contributed by atoms with Crippen LogP contribution in [0.2, 0.25) is 0 Å². The minimum atomic E-state index is -3.93. The number of hydrogen-bond acceptors (Lipinski definition) is 4. The second-order valence-electron chi connectivity index (χ2n) is 7.94. The quantitative estimate of drug-likeness (QED) is 0.323. The molecule has 36 heavy (non-hydrogen) atoms. The third kappa shape index (κ3) is 4.86. The minimum absolute atomic E-state index is 0. The third-order valence-corrected chi connectivity index (χ3v) is 7.38. The predicted octanol–water partition coefficient (Wildman–Crippen LogP) is 5.43. The van der Waals surface area contributed by atoms with E-state index in [1.807, 2.05) is 18.2 Å². The van der Waals surface area contributed by atoms with Crippen LogP contribution in [-0.4, -0.2) is 23.3 Å². The number of halogens is 2. The van der Waals surface area contributed by atoms with E-state index in [0.29, 0.717) is 11.1 Å². The monoisotopic (exact) mass is 521 g/mol. The largest absolute Gasteiger partial charge is 0.348 e. The van der Waals surface area contributed by atoms with Crippen LogP contribution in [-0.2, 0) is 16.6 Å². The molecule has 1 amide bonds. The Morgan fingerprint density at radius 2 is 1.64 bits per heavy atom. The van der Waals surface area contributed by atoms with Crippen LogP contribution in [0.25, 0.3) is 22.0 Å². The molecule has 0 unspecified atom stereocenters. The van der Waals surface area contributed by atoms with Gasteiger partial charge in [0, 0.05) is 47.2 Å². The number of para-hydroxylation sites is 1. The van der Waals surface area contributed by atoms with Crippen molar-refractivity contribution < 1.29 is 17.6 Å². The molecule has 0 aliphatic heterocycles. The van der Waals surface area contributed by atoms with Crippen LogP contribution in [0.3, 0.4) is 0 Å². The fourth-order valence-corrected chi connectivity index (χ4v) is 5.25. The van der Waals surface area contributed by atoms with Crippen molar-refractivity contribution in [1.29, 1.82) is 0 Å². The van der Waals surface area contributed by atoms with E-state index >= 15 is 0 Å². The summed E-state index contributed by atoms with van der Waals surface area (Å²) < 4.78 is 41.4. The lowest BCUT2D eigenvalue weighted by atomic mass is 10.1. The van der Waals surface area contributed by atoms with Crippen LogP contribution in [0.1, 0.15) is 15.9 Å². The minimum Gasteiger partial charge on any atom is -0.348 e. The molecule has 1 N–H and O–H groups in total. The van der Waals surface area contributed by atoms with Crippen molar-refractivity contribution in [3.8, 4) is 11.1 Å². The normalized spacial score (nSPS) is 11.1. The Kier molecular flexibility index (Phi) is 7.19. The van der Waals surface area contributed by atoms with Crippen molar-refractivity contribution in [3.05, 3.63) is 120 Å². The van der Waals surface area contributed by atoms with E-state index in [1.54, 1.807) is 48.9 Å². The lowest BCUT2D eigenvalue weighted by molar-refractivity contribution is 0.0951. The van der Waals surface area contributed by atoms with Gasteiger partial charge in [-0.05, 0) is 54.1 Å². The Morgan fingerprint density at radius 3 is 2.33 bits per heavy atom. The molecule has 2 aromatic heterocycles. The van der Waals surface area contributed by atoms with Gasteiger partial charge < -0.3 is 5.32 Å². The summed E-state index contributed by atoms with van der Waals surface area (Å²) >= 11 is 0. The van der Waals surface area contributed by atoms with Crippen LogP contribution in [0, 0.1) is 5.82 Å². The molecule has 0 fully saturated rings. The van der Waals surface area contributed by atoms with Gasteiger partial charge in [-0.25, -0.2) is 16.8 Å². The number of carbonyl (C=O) groups is 1. The number of nitrogens with one attached hydrogen (secondary N) is 1. The smallest absolute Gasteiger partial charge is 0.268 e. The van der Waals surface area contributed by atoms with Gasteiger partial charge in [0.25, 0.3) is 15.9 Å². The Balaban J connectivity index is 0.00000304. The number of hydrogen-bond donors (Lipinski definition) is 1. The van der Waals surface area contributed by atoms with E-state index < -0.39 is 10.0 Å². The van der Waals surface area contributed by atoms with Crippen molar-refractivity contribution in [2.24, 2.45) is 0 Å². The van der Waals surface area contributed by atoms with Gasteiger partial charge in [0.05, 0.1) is 10.4 Å². The predicted molar refractivity (Wildman–Crippen MR) is 139 cm³/mol. The molecule has 0 radical (unpaired) electrons. The second kappa shape index (κ2) is 10.3. The first kappa shape index (κ1) is 25.1. The van der Waals surface area contributed by atoms with Crippen molar-refractivity contribution in [3.63, 3.8) is 0 Å². The van der Waals surface area contributed by atoms with E-state index in [4.69, 9.17) is 0 Å². The number of benzene rings is 3. The molecule has 0 aliphatic carbocycles. The maximum atomic E-state index is 13.5. The molecule has 2 heterocycles. The summed E-state index contributed by atoms with van der Waals surface area (Å²) in [5.74, 6) is -0.705. The van der Waals surface area contributed by atoms with E-state index in [9.17, 15) is 17.6 Å². The van der Waals surface area contributed by atoms with Crippen LogP contribution < -0.4 is 5.32 Å². The maximum absolute atomic E-state index is 13.5. The molecule has 0 spiro atoms. The molecule has 182 valence electrons. The van der Waals surface area contributed by atoms with Crippen LogP contribution in [0.4, 0.5) is 4.39 Å². The zero-order chi connectivity index (χ0) is 24.4. The fourth-order valence-electron chi connectivity index (χ4n) is 3.88. The van der Waals surface area contributed by atoms with E-state index in [1.165, 1.54) is 40.4 Å². The molecule has 0 saturated heterocycles. The fraction of sp³-hybridized carbons (Fsp3) is 0.0370. The van der Waals surface area contributed by atoms with E-state index in [0.717, 1.165) is 22.1 Å². The first-order valence-corrected chi connectivity index (χ1v) is 12.3. The van der Waals surface area contributed by atoms with Crippen molar-refractivity contribution in [1.82, 2.24) is 14.3 Å². The van der Waals surface area contributed by atoms with Crippen molar-refractivity contribution >= 4 is 39.2 Å². The van der Waals surface area contributed by atoms with Gasteiger partial charge in [-0.1, -0.05) is 36.4 Å². The van der Waals surface area contributed by atoms with Gasteiger partial charge in [-0.2, -0.15) is 0 Å². The number of aromatic nitrogens is 2. The molecule has 0 atom stereocenters. The van der Waals surface area contributed by atoms with E-state index in [2.05, 4.69) is 10.3 Å². The molecule has 5 rings (SSSR count). The summed E-state index contributed by atoms with van der Waals surface area (Å²) in [5, 5.41) is 3.54. The highest BCUT2D eigenvalue weighted by atomic mass is 35.5. The average molecular weight is 522 g/mol. The topological polar surface area (TPSA) is 81.1 Å². The molecule has 9 heteroatoms. The molecular weight excluding hydrogens is 501 g/mol. The SMILES string of the molecule is Cl.O=C(NCc1ccc(F)cc1)c1ccc(S(=O)(=O)n2cc(-c3cccnc3)c3ccccc32)cc1. The summed E-state index contributed by atoms with van der Waals surface area (Å²) in [7, 11) is -3.93. The van der Waals surface area contributed by atoms with E-state index in [-0.39, 0.29) is 35.6 Å². The Bertz CT molecular complexity index is 1620. The third-order valence-electron chi connectivity index (χ3n) is 5.69. The van der Waals surface area contributed by atoms with Gasteiger partial charge in [-0.3, -0.25) is 9.78 Å². The number of carbonyl (C=O) groups excluding carboxylic acids is 1. The molecule has 0 aliphatic rings. The summed E-state index contributed by atoms with van der Waals surface area (Å²) in [6.07, 6.45) is 4.95. The molecule has 5 aromatic rings. The Hall–Kier alpha value is -4.01. The highest BCUT2D eigenvalue weighted by Gasteiger charge is 2.22. The maximum Gasteiger partial charge on any atom is 0.268 e. The number of fused-ring (bicyclic) bond motifs is 1. The molecule has 3 aromatic carbocycles. The number of rotatable bonds is 6. The van der Waals surface area contributed by atoms with Crippen molar-refractivity contribution in [2.45, 2.75) is 11.4 Å². The summed E-state index contributed by atoms with van der Waals surface area (Å²) in [6, 6.07) is 22.6. The van der Waals surface area contributed by atoms with Gasteiger partial charge in [0.2, 0.25) is 0 Å². The van der Waals surface area contributed by atoms with Gasteiger partial charge in [-0.15, -0.1) is 12.4 Å². The Labute approximate surface area is 213 Å². The number of nitrogens with zero attached hydrogens (tertiary/aromatic N) is 2. The lowest BCUT2D eigenvalue weighted by Crippen LogP contribution is -2.22. The second-order valence-corrected chi connectivity index (χ2v) is 9.75. The highest BCUT2D eigenvalue weighted by molar-refractivity contribution is 7.90. The summed E-state index contributed by atoms with van der Waals surface area (Å²) in [6.45, 7) is 0.228. The molecule has 0 saturated carbocycles. The average Bonchev–Trinajstić information content (AvgIpc) is 3.29. The van der Waals surface area contributed by atoms with Crippen LogP contribution in [0.5, 0.6) is 0 Å². The molecule has 6 nitrogen and oxygen atoms in total. The first-order chi connectivity index (χ1) is 16.9. The highest BCUT2D eigenvalue weighted by Crippen LogP contribution is 2.32. The van der Waals surface area contributed by atoms with Crippen LogP contribution >= 0.6 is 12.4 Å². The number of pyridine rings is 1. The summed E-state index contributed by atoms with van der Waals surface area (Å²) in [4.78, 5) is 16.7. The number of amides is 1. The Morgan fingerprint density at radius 1 is 0.917 bits per heavy atom. The van der Waals surface area contributed by atoms with Gasteiger partial charge in [0.1, 0.15) is 5.82 Å². The van der Waals surface area contributed by atoms with Crippen LogP contribution in [0.15, 0.2) is 108 Å². The summed E-state index contributed by atoms with van der Waals surface area (Å²) in [5.41, 5.74) is 3.19. The molecular formula is C27H21ClFN3O3S. The zero-order valence-electron chi connectivity index (χ0n) is 18.8. The van der Waals surface area contributed by atoms with Crippen molar-refractivity contribution in [2.75, 3.05) is 0 Å². The molecule has 0 bridgehead atoms. The zero-order valence-corrected chi connectivity index (χ0v) is 20.5. The lowest BCUT2D eigenvalue weighted by Gasteiger charge is -2.09. The van der Waals surface area contributed by atoms with Gasteiger partial charge in [0.15, 0.2) is 0 Å².